The molecule has 0 radical (unpaired) electrons. The highest BCUT2D eigenvalue weighted by Crippen LogP contribution is 2.34. The summed E-state index contributed by atoms with van der Waals surface area (Å²) in [6.45, 7) is 19.2. The molecular weight excluding hydrogens is 1260 g/mol. The van der Waals surface area contributed by atoms with Crippen molar-refractivity contribution in [2.45, 2.75) is 213 Å². The van der Waals surface area contributed by atoms with Gasteiger partial charge in [0.15, 0.2) is 11.6 Å². The van der Waals surface area contributed by atoms with Crippen molar-refractivity contribution in [2.24, 2.45) is 53.1 Å². The molecule has 2 fully saturated rings. The van der Waals surface area contributed by atoms with E-state index in [1.807, 2.05) is 45.9 Å². The first kappa shape index (κ1) is 82.2. The Balaban J connectivity index is 1.38. The molecule has 2 aromatic rings. The van der Waals surface area contributed by atoms with Gasteiger partial charge in [0.1, 0.15) is 18.5 Å². The molecule has 2 aliphatic heterocycles. The van der Waals surface area contributed by atoms with Gasteiger partial charge in [0.25, 0.3) is 6.47 Å². The smallest absolute Gasteiger partial charge is 0.410 e. The van der Waals surface area contributed by atoms with Crippen molar-refractivity contribution in [1.82, 2.24) is 30.2 Å². The molecule has 13 atom stereocenters. The number of anilines is 1. The minimum atomic E-state index is -0.988. The summed E-state index contributed by atoms with van der Waals surface area (Å²) >= 11 is 1.35. The number of nitrogens with two attached hydrogens (primary N) is 1. The fourth-order valence-electron chi connectivity index (χ4n) is 13.3. The van der Waals surface area contributed by atoms with E-state index in [2.05, 4.69) is 16.0 Å². The molecule has 0 bridgehead atoms. The number of Topliss-reactive ketones (excluding diaryl/α,β-unsaturated/α-hetero) is 3. The number of ether oxygens (including phenoxy) is 3. The van der Waals surface area contributed by atoms with Crippen LogP contribution in [0, 0.1) is 47.3 Å². The number of likely N-dealkylation sites (tertiary alicyclic amines) is 2. The lowest BCUT2D eigenvalue weighted by atomic mass is 9.83. The zero-order valence-corrected chi connectivity index (χ0v) is 60.4. The number of amides is 9. The Morgan fingerprint density at radius 1 is 0.794 bits per heavy atom. The number of likely N-dealkylation sites (N-methyl/N-ethyl adjacent to an activating group) is 2. The number of rotatable bonds is 43. The van der Waals surface area contributed by atoms with E-state index in [1.165, 1.54) is 35.7 Å². The second kappa shape index (κ2) is 40.6. The highest BCUT2D eigenvalue weighted by atomic mass is 32.2. The van der Waals surface area contributed by atoms with Gasteiger partial charge >= 0.3 is 12.1 Å². The average molecular weight is 1380 g/mol. The zero-order chi connectivity index (χ0) is 72.4. The molecule has 0 saturated carbocycles. The number of unbranched alkanes of at least 4 members (excludes halogenated alkanes) is 2. The van der Waals surface area contributed by atoms with Gasteiger partial charge in [-0.25, -0.2) is 9.59 Å². The molecule has 24 nitrogen and oxygen atoms in total. The van der Waals surface area contributed by atoms with E-state index in [-0.39, 0.29) is 135 Å². The molecule has 2 aliphatic rings. The van der Waals surface area contributed by atoms with E-state index in [0.29, 0.717) is 74.8 Å². The molecule has 97 heavy (non-hydrogen) atoms. The summed E-state index contributed by atoms with van der Waals surface area (Å²) < 4.78 is 17.5. The number of nitrogens with zero attached hydrogens (tertiary/aromatic N) is 4. The number of aliphatic hydroxyl groups excluding tert-OH is 1. The fraction of sp³-hybridized carbons (Fsp3) is 0.667. The number of hydrogen-bond acceptors (Lipinski definition) is 17. The van der Waals surface area contributed by atoms with Crippen LogP contribution < -0.4 is 21.7 Å². The summed E-state index contributed by atoms with van der Waals surface area (Å²) in [6.07, 6.45) is 1.92. The van der Waals surface area contributed by atoms with Crippen LogP contribution in [0.15, 0.2) is 54.6 Å². The maximum atomic E-state index is 14.9. The summed E-state index contributed by atoms with van der Waals surface area (Å²) in [7, 11) is 4.60. The van der Waals surface area contributed by atoms with Crippen molar-refractivity contribution in [2.75, 3.05) is 52.4 Å². The Bertz CT molecular complexity index is 2950. The first-order chi connectivity index (χ1) is 45.9. The molecule has 0 aliphatic carbocycles. The largest absolute Gasteiger partial charge is 0.462 e. The molecular formula is C72H110N8O16S. The van der Waals surface area contributed by atoms with Crippen molar-refractivity contribution in [3.05, 3.63) is 65.7 Å². The molecule has 2 aromatic carbocycles. The van der Waals surface area contributed by atoms with E-state index >= 15 is 0 Å². The number of imide groups is 1. The monoisotopic (exact) mass is 1370 g/mol. The maximum absolute atomic E-state index is 14.9. The number of thioether (sulfide) groups is 1. The van der Waals surface area contributed by atoms with Crippen molar-refractivity contribution in [3.63, 3.8) is 0 Å². The number of carbonyl (C=O) groups excluding carboxylic acids is 12. The number of primary amides is 1. The molecule has 540 valence electrons. The summed E-state index contributed by atoms with van der Waals surface area (Å²) in [5.74, 6) is -6.92. The van der Waals surface area contributed by atoms with Gasteiger partial charge < -0.3 is 55.7 Å². The van der Waals surface area contributed by atoms with E-state index in [4.69, 9.17) is 19.9 Å². The Morgan fingerprint density at radius 2 is 1.46 bits per heavy atom. The third-order valence-electron chi connectivity index (χ3n) is 19.2. The molecule has 4 rings (SSSR count). The van der Waals surface area contributed by atoms with E-state index < -0.39 is 90.1 Å². The van der Waals surface area contributed by atoms with E-state index in [1.54, 1.807) is 101 Å². The Labute approximate surface area is 578 Å². The lowest BCUT2D eigenvalue weighted by molar-refractivity contribution is -0.152. The lowest BCUT2D eigenvalue weighted by Gasteiger charge is -2.41. The number of benzene rings is 2. The first-order valence-corrected chi connectivity index (χ1v) is 35.7. The summed E-state index contributed by atoms with van der Waals surface area (Å²) in [5.41, 5.74) is 6.88. The quantitative estimate of drug-likeness (QED) is 0.0236. The van der Waals surface area contributed by atoms with Crippen LogP contribution in [0.1, 0.15) is 176 Å². The van der Waals surface area contributed by atoms with Gasteiger partial charge in [-0.05, 0) is 97.6 Å². The van der Waals surface area contributed by atoms with Gasteiger partial charge in [-0.3, -0.25) is 52.8 Å². The number of ketones is 3. The molecule has 9 amide bonds. The average Bonchev–Trinajstić information content (AvgIpc) is 1.76. The van der Waals surface area contributed by atoms with E-state index in [9.17, 15) is 62.6 Å². The van der Waals surface area contributed by atoms with Crippen molar-refractivity contribution >= 4 is 88.8 Å². The first-order valence-electron chi connectivity index (χ1n) is 34.4. The van der Waals surface area contributed by atoms with Crippen molar-refractivity contribution in [3.8, 4) is 0 Å². The van der Waals surface area contributed by atoms with Crippen LogP contribution in [-0.2, 0) is 68.8 Å². The zero-order valence-electron chi connectivity index (χ0n) is 59.6. The summed E-state index contributed by atoms with van der Waals surface area (Å²) in [4.78, 5) is 166. The molecule has 0 aromatic heterocycles. The van der Waals surface area contributed by atoms with Gasteiger partial charge in [-0.2, -0.15) is 11.8 Å². The third-order valence-corrected chi connectivity index (χ3v) is 20.2. The fourth-order valence-corrected chi connectivity index (χ4v) is 13.9. The normalized spacial score (nSPS) is 18.2. The SMILES string of the molecule is CC[C@H](C)C([C@@H](CC(=O)N1CCC[C@H]1[C@H](OC=O)[C@@H](C)C(=O)C[C@H](C)[C@@H](O)c1ccccc1)OC)N(C)C(=O)[C@@H](CC(=O)[C@H](C(C)C)N(C)C(=O)OCc1ccc(NC(=O)[C@H](CCCNC(N)=O)CC(=O)C(NC(=O)CCCCCN2C(=O)CC(SC)C2=O)C(C)C)cc1)C(C)C. The lowest BCUT2D eigenvalue weighted by Crippen LogP contribution is -2.54. The van der Waals surface area contributed by atoms with Crippen LogP contribution in [0.2, 0.25) is 0 Å². The van der Waals surface area contributed by atoms with Crippen LogP contribution in [-0.4, -0.2) is 185 Å². The van der Waals surface area contributed by atoms with Gasteiger partial charge in [0, 0.05) is 90.5 Å². The van der Waals surface area contributed by atoms with Gasteiger partial charge in [0.2, 0.25) is 35.4 Å². The van der Waals surface area contributed by atoms with Gasteiger partial charge in [-0.1, -0.05) is 125 Å². The highest BCUT2D eigenvalue weighted by molar-refractivity contribution is 8.00. The number of methoxy groups -OCH3 is 1. The summed E-state index contributed by atoms with van der Waals surface area (Å²) in [5, 5.41) is 18.9. The minimum Gasteiger partial charge on any atom is -0.462 e. The molecule has 2 saturated heterocycles. The predicted octanol–water partition coefficient (Wildman–Crippen LogP) is 8.44. The van der Waals surface area contributed by atoms with Crippen molar-refractivity contribution < 1.29 is 76.9 Å². The highest BCUT2D eigenvalue weighted by Gasteiger charge is 2.45. The van der Waals surface area contributed by atoms with E-state index in [0.717, 1.165) is 0 Å². The number of nitrogens with one attached hydrogen (secondary N) is 3. The third kappa shape index (κ3) is 24.3. The second-order valence-corrected chi connectivity index (χ2v) is 28.4. The Morgan fingerprint density at radius 3 is 2.04 bits per heavy atom. The van der Waals surface area contributed by atoms with Gasteiger partial charge in [-0.15, -0.1) is 0 Å². The number of hydrogen-bond donors (Lipinski definition) is 5. The maximum Gasteiger partial charge on any atom is 0.410 e. The Hall–Kier alpha value is -7.25. The number of aliphatic hydroxyl groups is 1. The minimum absolute atomic E-state index is 0.0158. The summed E-state index contributed by atoms with van der Waals surface area (Å²) in [6, 6.07) is 11.7. The molecule has 25 heteroatoms. The van der Waals surface area contributed by atoms with Crippen LogP contribution in [0.25, 0.3) is 0 Å². The van der Waals surface area contributed by atoms with Gasteiger partial charge in [0.05, 0.1) is 54.0 Å². The van der Waals surface area contributed by atoms with Crippen LogP contribution in [0.3, 0.4) is 0 Å². The molecule has 2 heterocycles. The van der Waals surface area contributed by atoms with Crippen LogP contribution >= 0.6 is 11.8 Å². The standard InChI is InChI=1S/C72H110N8O16S/c1-15-46(8)65(58(94-13)39-61(86)79-35-23-27-54(79)67(96-42-81)48(10)55(82)36-47(9)66(88)50-24-18-16-19-25-50)77(11)69(90)53(43(2)3)38-57(84)64(45(6)7)78(12)72(93)95-41-49-29-31-52(32-30-49)75-68(89)51(26-22-33-74-71(73)92)37-56(83)63(44(4)5)76-60(85)28-20-17-21-34-80-62(87)40-59(97-14)70(80)91/h16,18-19,24-25,29-32,42-48,51,53-54,58-59,63-67,88H,15,17,20-23,26-28,33-41H2,1-14H3,(H,75,89)(H,76,85)(H3,73,74,92)/t46-,47-,48-,51+,53-,54-,58+,59?,63?,64-,65?,66+,67+/m0/s1. The molecule has 0 spiro atoms. The van der Waals surface area contributed by atoms with Crippen LogP contribution in [0.5, 0.6) is 0 Å². The topological polar surface area (TPSA) is 328 Å². The van der Waals surface area contributed by atoms with Crippen LogP contribution in [0.4, 0.5) is 15.3 Å². The van der Waals surface area contributed by atoms with Crippen molar-refractivity contribution in [1.29, 1.82) is 0 Å². The molecule has 3 unspecified atom stereocenters. The number of urea groups is 1. The second-order valence-electron chi connectivity index (χ2n) is 27.4. The number of carbonyl (C=O) groups is 12. The Kier molecular flexibility index (Phi) is 34.4. The molecule has 6 N–H and O–H groups in total. The predicted molar refractivity (Wildman–Crippen MR) is 370 cm³/mol.